The Bertz CT molecular complexity index is 715. The normalized spacial score (nSPS) is 9.19. The van der Waals surface area contributed by atoms with Crippen LogP contribution in [0.2, 0.25) is 0 Å². The molecule has 0 atom stereocenters. The maximum absolute atomic E-state index is 4.44. The number of hydrogen-bond acceptors (Lipinski definition) is 0. The van der Waals surface area contributed by atoms with Crippen LogP contribution in [0.3, 0.4) is 0 Å². The molecule has 0 heterocycles. The summed E-state index contributed by atoms with van der Waals surface area (Å²) in [5.41, 5.74) is 3.98. The second-order valence-corrected chi connectivity index (χ2v) is 5.57. The third-order valence-electron chi connectivity index (χ3n) is 3.54. The first-order chi connectivity index (χ1) is 12.9. The van der Waals surface area contributed by atoms with Crippen LogP contribution in [-0.2, 0) is 17.1 Å². The zero-order valence-electron chi connectivity index (χ0n) is 14.8. The van der Waals surface area contributed by atoms with Crippen LogP contribution in [-0.4, -0.2) is 0 Å². The van der Waals surface area contributed by atoms with E-state index in [0.29, 0.717) is 0 Å². The van der Waals surface area contributed by atoms with Gasteiger partial charge in [0.05, 0.1) is 0 Å². The Morgan fingerprint density at radius 2 is 0.481 bits per heavy atom. The average Bonchev–Trinajstić information content (AvgIpc) is 2.72. The summed E-state index contributed by atoms with van der Waals surface area (Å²) >= 11 is 0. The first kappa shape index (κ1) is 20.3. The Morgan fingerprint density at radius 3 is 0.667 bits per heavy atom. The molecule has 4 aromatic carbocycles. The molecule has 2 nitrogen and oxygen atoms in total. The van der Waals surface area contributed by atoms with Gasteiger partial charge in [-0.1, -0.05) is 121 Å². The predicted octanol–water partition coefficient (Wildman–Crippen LogP) is 8.04. The van der Waals surface area contributed by atoms with Crippen LogP contribution < -0.4 is 0 Å². The van der Waals surface area contributed by atoms with Gasteiger partial charge in [0.1, 0.15) is 0 Å². The standard InChI is InChI=1S/2C12H10N.Fe/c2*1-3-7-11(8-4-1)13-12-9-5-2-6-10-12;/h2*1-10H;/q2*-1;+2. The second-order valence-electron chi connectivity index (χ2n) is 5.57. The quantitative estimate of drug-likeness (QED) is 0.314. The van der Waals surface area contributed by atoms with Crippen LogP contribution in [0.4, 0.5) is 22.7 Å². The molecule has 0 saturated heterocycles. The van der Waals surface area contributed by atoms with Crippen LogP contribution in [0.5, 0.6) is 0 Å². The summed E-state index contributed by atoms with van der Waals surface area (Å²) in [6.45, 7) is 0. The van der Waals surface area contributed by atoms with Crippen molar-refractivity contribution in [2.75, 3.05) is 0 Å². The van der Waals surface area contributed by atoms with E-state index in [-0.39, 0.29) is 17.1 Å². The third kappa shape index (κ3) is 7.41. The predicted molar refractivity (Wildman–Crippen MR) is 111 cm³/mol. The minimum atomic E-state index is 0. The van der Waals surface area contributed by atoms with E-state index in [9.17, 15) is 0 Å². The molecule has 27 heavy (non-hydrogen) atoms. The van der Waals surface area contributed by atoms with Gasteiger partial charge in [-0.2, -0.15) is 0 Å². The van der Waals surface area contributed by atoms with Crippen molar-refractivity contribution in [1.29, 1.82) is 0 Å². The van der Waals surface area contributed by atoms with Crippen LogP contribution in [0.15, 0.2) is 121 Å². The van der Waals surface area contributed by atoms with E-state index < -0.39 is 0 Å². The number of rotatable bonds is 4. The van der Waals surface area contributed by atoms with Gasteiger partial charge >= 0.3 is 17.1 Å². The minimum absolute atomic E-state index is 0. The fourth-order valence-electron chi connectivity index (χ4n) is 2.31. The molecule has 0 aliphatic heterocycles. The van der Waals surface area contributed by atoms with Crippen molar-refractivity contribution < 1.29 is 17.1 Å². The van der Waals surface area contributed by atoms with Gasteiger partial charge in [0.25, 0.3) is 0 Å². The van der Waals surface area contributed by atoms with Gasteiger partial charge in [0.15, 0.2) is 0 Å². The molecule has 4 aromatic rings. The van der Waals surface area contributed by atoms with Gasteiger partial charge < -0.3 is 10.6 Å². The average molecular weight is 392 g/mol. The molecule has 0 aliphatic rings. The summed E-state index contributed by atoms with van der Waals surface area (Å²) in [7, 11) is 0. The molecule has 4 rings (SSSR count). The van der Waals surface area contributed by atoms with Crippen molar-refractivity contribution in [2.45, 2.75) is 0 Å². The van der Waals surface area contributed by atoms with E-state index in [1.54, 1.807) is 0 Å². The molecule has 0 fully saturated rings. The van der Waals surface area contributed by atoms with Crippen molar-refractivity contribution in [3.63, 3.8) is 0 Å². The van der Waals surface area contributed by atoms with Crippen molar-refractivity contribution in [3.05, 3.63) is 132 Å². The fraction of sp³-hybridized carbons (Fsp3) is 0. The summed E-state index contributed by atoms with van der Waals surface area (Å²) in [5.74, 6) is 0. The third-order valence-corrected chi connectivity index (χ3v) is 3.54. The maximum atomic E-state index is 4.44. The smallest absolute Gasteiger partial charge is 0.658 e. The van der Waals surface area contributed by atoms with Crippen molar-refractivity contribution in [3.8, 4) is 0 Å². The van der Waals surface area contributed by atoms with Crippen molar-refractivity contribution in [2.24, 2.45) is 0 Å². The topological polar surface area (TPSA) is 28.2 Å². The summed E-state index contributed by atoms with van der Waals surface area (Å²) in [6.07, 6.45) is 0. The van der Waals surface area contributed by atoms with E-state index in [1.165, 1.54) is 0 Å². The summed E-state index contributed by atoms with van der Waals surface area (Å²) < 4.78 is 0. The molecule has 3 heteroatoms. The van der Waals surface area contributed by atoms with Gasteiger partial charge in [0, 0.05) is 0 Å². The minimum Gasteiger partial charge on any atom is -0.658 e. The summed E-state index contributed by atoms with van der Waals surface area (Å²) in [5, 5.41) is 8.88. The Kier molecular flexibility index (Phi) is 8.71. The maximum Gasteiger partial charge on any atom is 2.00 e. The van der Waals surface area contributed by atoms with Crippen LogP contribution >= 0.6 is 0 Å². The molecule has 0 radical (unpaired) electrons. The number of benzene rings is 4. The molecule has 0 spiro atoms. The first-order valence-electron chi connectivity index (χ1n) is 8.54. The monoisotopic (exact) mass is 392 g/mol. The molecular formula is C24H20FeN2. The number of nitrogens with zero attached hydrogens (tertiary/aromatic N) is 2. The van der Waals surface area contributed by atoms with Crippen LogP contribution in [0.1, 0.15) is 0 Å². The molecule has 0 bridgehead atoms. The van der Waals surface area contributed by atoms with E-state index in [4.69, 9.17) is 0 Å². The molecule has 134 valence electrons. The van der Waals surface area contributed by atoms with Gasteiger partial charge in [-0.05, 0) is 0 Å². The molecular weight excluding hydrogens is 372 g/mol. The molecule has 0 saturated carbocycles. The van der Waals surface area contributed by atoms with Gasteiger partial charge in [-0.15, -0.1) is 22.7 Å². The summed E-state index contributed by atoms with van der Waals surface area (Å²) in [6, 6.07) is 39.8. The molecule has 0 amide bonds. The Morgan fingerprint density at radius 1 is 0.296 bits per heavy atom. The van der Waals surface area contributed by atoms with Crippen LogP contribution in [0.25, 0.3) is 10.6 Å². The molecule has 0 N–H and O–H groups in total. The number of para-hydroxylation sites is 4. The first-order valence-corrected chi connectivity index (χ1v) is 8.54. The summed E-state index contributed by atoms with van der Waals surface area (Å²) in [4.78, 5) is 0. The zero-order chi connectivity index (χ0) is 17.9. The fourth-order valence-corrected chi connectivity index (χ4v) is 2.31. The molecule has 0 aliphatic carbocycles. The molecule has 0 aromatic heterocycles. The Balaban J connectivity index is 0.000000187. The van der Waals surface area contributed by atoms with E-state index in [2.05, 4.69) is 10.6 Å². The SMILES string of the molecule is [Fe+2].c1ccc([N-]c2ccccc2)cc1.c1ccc([N-]c2ccccc2)cc1. The van der Waals surface area contributed by atoms with E-state index >= 15 is 0 Å². The van der Waals surface area contributed by atoms with Crippen LogP contribution in [0, 0.1) is 0 Å². The zero-order valence-corrected chi connectivity index (χ0v) is 15.9. The van der Waals surface area contributed by atoms with Crippen molar-refractivity contribution in [1.82, 2.24) is 0 Å². The Hall–Kier alpha value is -3.00. The second kappa shape index (κ2) is 11.6. The Labute approximate surface area is 171 Å². The number of hydrogen-bond donors (Lipinski definition) is 0. The van der Waals surface area contributed by atoms with E-state index in [0.717, 1.165) is 22.7 Å². The molecule has 0 unspecified atom stereocenters. The van der Waals surface area contributed by atoms with E-state index in [1.807, 2.05) is 121 Å². The largest absolute Gasteiger partial charge is 2.00 e. The van der Waals surface area contributed by atoms with Gasteiger partial charge in [0.2, 0.25) is 0 Å². The van der Waals surface area contributed by atoms with Crippen molar-refractivity contribution >= 4 is 22.7 Å². The van der Waals surface area contributed by atoms with Gasteiger partial charge in [-0.3, -0.25) is 0 Å². The van der Waals surface area contributed by atoms with Gasteiger partial charge in [-0.25, -0.2) is 0 Å².